The number of hydrogen-bond acceptors (Lipinski definition) is 1. The van der Waals surface area contributed by atoms with Crippen LogP contribution in [0.1, 0.15) is 70.3 Å². The molecule has 0 spiro atoms. The molecular weight excluding hydrogens is 303 g/mol. The Kier molecular flexibility index (Phi) is 8.74. The van der Waals surface area contributed by atoms with Crippen LogP contribution >= 0.6 is 0 Å². The molecular formula is C18H26F3NO. The van der Waals surface area contributed by atoms with E-state index in [1.165, 1.54) is 50.3 Å². The van der Waals surface area contributed by atoms with Crippen LogP contribution in [0.15, 0.2) is 24.3 Å². The molecule has 1 aromatic carbocycles. The summed E-state index contributed by atoms with van der Waals surface area (Å²) >= 11 is 0. The van der Waals surface area contributed by atoms with Crippen molar-refractivity contribution in [3.05, 3.63) is 29.8 Å². The van der Waals surface area contributed by atoms with Gasteiger partial charge in [0.05, 0.1) is 11.3 Å². The molecule has 0 saturated heterocycles. The molecule has 1 N–H and O–H groups in total. The number of carbonyl (C=O) groups is 1. The first kappa shape index (κ1) is 19.5. The highest BCUT2D eigenvalue weighted by Gasteiger charge is 2.33. The normalized spacial score (nSPS) is 11.5. The molecule has 0 fully saturated rings. The van der Waals surface area contributed by atoms with E-state index in [1.807, 2.05) is 0 Å². The smallest absolute Gasteiger partial charge is 0.326 e. The third-order valence-corrected chi connectivity index (χ3v) is 3.76. The zero-order chi connectivity index (χ0) is 17.1. The van der Waals surface area contributed by atoms with Crippen LogP contribution in [0.4, 0.5) is 18.9 Å². The van der Waals surface area contributed by atoms with Crippen LogP contribution in [0.25, 0.3) is 0 Å². The number of hydrogen-bond donors (Lipinski definition) is 1. The van der Waals surface area contributed by atoms with Crippen LogP contribution in [0.2, 0.25) is 0 Å². The van der Waals surface area contributed by atoms with Gasteiger partial charge in [-0.2, -0.15) is 13.2 Å². The van der Waals surface area contributed by atoms with Crippen molar-refractivity contribution in [1.29, 1.82) is 0 Å². The number of anilines is 1. The van der Waals surface area contributed by atoms with Gasteiger partial charge < -0.3 is 5.32 Å². The van der Waals surface area contributed by atoms with E-state index >= 15 is 0 Å². The molecule has 2 nitrogen and oxygen atoms in total. The van der Waals surface area contributed by atoms with Crippen LogP contribution < -0.4 is 5.32 Å². The van der Waals surface area contributed by atoms with E-state index in [0.717, 1.165) is 18.9 Å². The van der Waals surface area contributed by atoms with Crippen molar-refractivity contribution in [3.8, 4) is 0 Å². The summed E-state index contributed by atoms with van der Waals surface area (Å²) in [5, 5.41) is 2.38. The van der Waals surface area contributed by atoms with Gasteiger partial charge in [-0.15, -0.1) is 0 Å². The van der Waals surface area contributed by atoms with Crippen molar-refractivity contribution in [2.45, 2.75) is 70.9 Å². The van der Waals surface area contributed by atoms with Gasteiger partial charge in [0.2, 0.25) is 5.91 Å². The lowest BCUT2D eigenvalue weighted by Crippen LogP contribution is -2.16. The zero-order valence-corrected chi connectivity index (χ0v) is 13.7. The van der Waals surface area contributed by atoms with Crippen LogP contribution in [-0.4, -0.2) is 5.91 Å². The van der Waals surface area contributed by atoms with Gasteiger partial charge in [0.25, 0.3) is 0 Å². The standard InChI is InChI=1S/C18H26F3NO/c1-2-3-4-5-6-7-8-9-14-17(23)22-16-13-11-10-12-15(16)18(19,20)21/h10-13H,2-9,14H2,1H3,(H,22,23). The van der Waals surface area contributed by atoms with E-state index in [2.05, 4.69) is 12.2 Å². The first-order valence-corrected chi connectivity index (χ1v) is 8.41. The third-order valence-electron chi connectivity index (χ3n) is 3.76. The van der Waals surface area contributed by atoms with E-state index in [0.29, 0.717) is 6.42 Å². The molecule has 23 heavy (non-hydrogen) atoms. The molecule has 1 rings (SSSR count). The Balaban J connectivity index is 2.27. The van der Waals surface area contributed by atoms with Gasteiger partial charge in [0.15, 0.2) is 0 Å². The molecule has 1 amide bonds. The van der Waals surface area contributed by atoms with E-state index in [4.69, 9.17) is 0 Å². The molecule has 0 radical (unpaired) electrons. The monoisotopic (exact) mass is 329 g/mol. The average Bonchev–Trinajstić information content (AvgIpc) is 2.49. The van der Waals surface area contributed by atoms with Gasteiger partial charge in [-0.25, -0.2) is 0 Å². The number of amides is 1. The summed E-state index contributed by atoms with van der Waals surface area (Å²) in [5.41, 5.74) is -0.964. The Morgan fingerprint density at radius 1 is 0.957 bits per heavy atom. The summed E-state index contributed by atoms with van der Waals surface area (Å²) in [7, 11) is 0. The summed E-state index contributed by atoms with van der Waals surface area (Å²) in [5.74, 6) is -0.354. The highest BCUT2D eigenvalue weighted by molar-refractivity contribution is 5.91. The number of benzene rings is 1. The molecule has 0 aromatic heterocycles. The first-order chi connectivity index (χ1) is 10.9. The summed E-state index contributed by atoms with van der Waals surface area (Å²) in [6, 6.07) is 5.07. The van der Waals surface area contributed by atoms with Gasteiger partial charge in [0, 0.05) is 6.42 Å². The Hall–Kier alpha value is -1.52. The number of unbranched alkanes of at least 4 members (excludes halogenated alkanes) is 7. The largest absolute Gasteiger partial charge is 0.418 e. The number of nitrogens with one attached hydrogen (secondary N) is 1. The minimum Gasteiger partial charge on any atom is -0.326 e. The molecule has 0 aliphatic rings. The molecule has 130 valence electrons. The van der Waals surface area contributed by atoms with Crippen LogP contribution in [-0.2, 0) is 11.0 Å². The molecule has 0 saturated carbocycles. The van der Waals surface area contributed by atoms with Crippen molar-refractivity contribution in [1.82, 2.24) is 0 Å². The zero-order valence-electron chi connectivity index (χ0n) is 13.7. The molecule has 0 heterocycles. The van der Waals surface area contributed by atoms with Gasteiger partial charge >= 0.3 is 6.18 Å². The first-order valence-electron chi connectivity index (χ1n) is 8.41. The highest BCUT2D eigenvalue weighted by Crippen LogP contribution is 2.34. The molecule has 1 aromatic rings. The van der Waals surface area contributed by atoms with Crippen molar-refractivity contribution >= 4 is 11.6 Å². The lowest BCUT2D eigenvalue weighted by Gasteiger charge is -2.13. The maximum Gasteiger partial charge on any atom is 0.418 e. The topological polar surface area (TPSA) is 29.1 Å². The summed E-state index contributed by atoms with van der Waals surface area (Å²) in [6.45, 7) is 2.18. The summed E-state index contributed by atoms with van der Waals surface area (Å²) < 4.78 is 38.5. The second-order valence-electron chi connectivity index (χ2n) is 5.82. The Morgan fingerprint density at radius 3 is 2.13 bits per heavy atom. The van der Waals surface area contributed by atoms with Gasteiger partial charge in [-0.05, 0) is 18.6 Å². The average molecular weight is 329 g/mol. The molecule has 0 bridgehead atoms. The van der Waals surface area contributed by atoms with E-state index in [1.54, 1.807) is 0 Å². The number of rotatable bonds is 10. The van der Waals surface area contributed by atoms with Crippen molar-refractivity contribution in [3.63, 3.8) is 0 Å². The van der Waals surface area contributed by atoms with Crippen LogP contribution in [0.5, 0.6) is 0 Å². The minimum absolute atomic E-state index is 0.162. The third kappa shape index (κ3) is 8.05. The highest BCUT2D eigenvalue weighted by atomic mass is 19.4. The Bertz CT molecular complexity index is 472. The number of carbonyl (C=O) groups excluding carboxylic acids is 1. The van der Waals surface area contributed by atoms with E-state index in [-0.39, 0.29) is 18.0 Å². The second kappa shape index (κ2) is 10.3. The SMILES string of the molecule is CCCCCCCCCCC(=O)Nc1ccccc1C(F)(F)F. The van der Waals surface area contributed by atoms with Crippen molar-refractivity contribution in [2.24, 2.45) is 0 Å². The number of alkyl halides is 3. The number of para-hydroxylation sites is 1. The quantitative estimate of drug-likeness (QED) is 0.511. The minimum atomic E-state index is -4.46. The maximum atomic E-state index is 12.8. The lowest BCUT2D eigenvalue weighted by molar-refractivity contribution is -0.137. The van der Waals surface area contributed by atoms with Crippen molar-refractivity contribution < 1.29 is 18.0 Å². The fourth-order valence-electron chi connectivity index (χ4n) is 2.47. The Morgan fingerprint density at radius 2 is 1.52 bits per heavy atom. The fraction of sp³-hybridized carbons (Fsp3) is 0.611. The molecule has 0 aliphatic heterocycles. The summed E-state index contributed by atoms with van der Waals surface area (Å²) in [4.78, 5) is 11.8. The second-order valence-corrected chi connectivity index (χ2v) is 5.82. The molecule has 0 atom stereocenters. The molecule has 0 unspecified atom stereocenters. The lowest BCUT2D eigenvalue weighted by atomic mass is 10.1. The number of halogens is 3. The fourth-order valence-corrected chi connectivity index (χ4v) is 2.47. The van der Waals surface area contributed by atoms with Gasteiger partial charge in [0.1, 0.15) is 0 Å². The van der Waals surface area contributed by atoms with Crippen LogP contribution in [0, 0.1) is 0 Å². The van der Waals surface area contributed by atoms with Gasteiger partial charge in [-0.3, -0.25) is 4.79 Å². The van der Waals surface area contributed by atoms with Crippen LogP contribution in [0.3, 0.4) is 0 Å². The maximum absolute atomic E-state index is 12.8. The predicted molar refractivity (Wildman–Crippen MR) is 87.3 cm³/mol. The van der Waals surface area contributed by atoms with E-state index in [9.17, 15) is 18.0 Å². The summed E-state index contributed by atoms with van der Waals surface area (Å²) in [6.07, 6.45) is 4.68. The van der Waals surface area contributed by atoms with Crippen molar-refractivity contribution in [2.75, 3.05) is 5.32 Å². The van der Waals surface area contributed by atoms with Gasteiger partial charge in [-0.1, -0.05) is 64.0 Å². The Labute approximate surface area is 136 Å². The van der Waals surface area contributed by atoms with E-state index < -0.39 is 11.7 Å². The predicted octanol–water partition coefficient (Wildman–Crippen LogP) is 6.17. The molecule has 0 aliphatic carbocycles. The molecule has 5 heteroatoms.